The minimum atomic E-state index is 0.418. The lowest BCUT2D eigenvalue weighted by molar-refractivity contribution is 0.225. The zero-order valence-corrected chi connectivity index (χ0v) is 13.0. The Morgan fingerprint density at radius 2 is 2.00 bits per heavy atom. The summed E-state index contributed by atoms with van der Waals surface area (Å²) in [6, 6.07) is 9.31. The van der Waals surface area contributed by atoms with E-state index < -0.39 is 0 Å². The minimum Gasteiger partial charge on any atom is -0.327 e. The van der Waals surface area contributed by atoms with Gasteiger partial charge in [0.2, 0.25) is 0 Å². The van der Waals surface area contributed by atoms with Crippen LogP contribution in [-0.2, 0) is 0 Å². The molecule has 110 valence electrons. The van der Waals surface area contributed by atoms with Crippen molar-refractivity contribution in [2.24, 2.45) is 17.6 Å². The van der Waals surface area contributed by atoms with Gasteiger partial charge in [-0.1, -0.05) is 37.1 Å². The van der Waals surface area contributed by atoms with Gasteiger partial charge in [0.05, 0.1) is 0 Å². The fourth-order valence-corrected chi connectivity index (χ4v) is 4.32. The average molecular weight is 293 g/mol. The lowest BCUT2D eigenvalue weighted by atomic mass is 9.78. The molecule has 1 aromatic carbocycles. The van der Waals surface area contributed by atoms with E-state index in [2.05, 4.69) is 24.0 Å². The molecule has 20 heavy (non-hydrogen) atoms. The van der Waals surface area contributed by atoms with Crippen molar-refractivity contribution in [2.45, 2.75) is 44.7 Å². The Kier molecular flexibility index (Phi) is 4.34. The van der Waals surface area contributed by atoms with Gasteiger partial charge in [-0.3, -0.25) is 4.90 Å². The molecular weight excluding hydrogens is 268 g/mol. The minimum absolute atomic E-state index is 0.418. The first kappa shape index (κ1) is 14.4. The third-order valence-corrected chi connectivity index (χ3v) is 5.52. The monoisotopic (exact) mass is 292 g/mol. The van der Waals surface area contributed by atoms with Crippen LogP contribution in [0.3, 0.4) is 0 Å². The zero-order valence-electron chi connectivity index (χ0n) is 12.3. The first-order valence-corrected chi connectivity index (χ1v) is 8.32. The largest absolute Gasteiger partial charge is 0.327 e. The molecule has 0 bridgehead atoms. The van der Waals surface area contributed by atoms with Crippen molar-refractivity contribution < 1.29 is 0 Å². The second-order valence-electron chi connectivity index (χ2n) is 6.45. The summed E-state index contributed by atoms with van der Waals surface area (Å²) in [5.41, 5.74) is 7.73. The van der Waals surface area contributed by atoms with E-state index >= 15 is 0 Å². The third-order valence-electron chi connectivity index (χ3n) is 5.26. The normalized spacial score (nSPS) is 32.0. The molecule has 2 N–H and O–H groups in total. The molecule has 1 heterocycles. The van der Waals surface area contributed by atoms with Crippen LogP contribution in [0.25, 0.3) is 0 Å². The average Bonchev–Trinajstić information content (AvgIpc) is 2.87. The van der Waals surface area contributed by atoms with E-state index in [1.165, 1.54) is 37.9 Å². The maximum atomic E-state index is 6.34. The molecule has 3 heteroatoms. The van der Waals surface area contributed by atoms with Gasteiger partial charge in [-0.2, -0.15) is 0 Å². The fraction of sp³-hybridized carbons (Fsp3) is 0.647. The number of fused-ring (bicyclic) bond motifs is 1. The molecule has 1 saturated carbocycles. The van der Waals surface area contributed by atoms with E-state index in [0.29, 0.717) is 18.0 Å². The summed E-state index contributed by atoms with van der Waals surface area (Å²) in [5.74, 6) is 1.53. The van der Waals surface area contributed by atoms with Gasteiger partial charge in [0.1, 0.15) is 0 Å². The first-order chi connectivity index (χ1) is 9.69. The van der Waals surface area contributed by atoms with Crippen molar-refractivity contribution in [3.63, 3.8) is 0 Å². The van der Waals surface area contributed by atoms with Crippen molar-refractivity contribution >= 4 is 11.6 Å². The molecule has 4 atom stereocenters. The quantitative estimate of drug-likeness (QED) is 0.917. The van der Waals surface area contributed by atoms with E-state index in [1.54, 1.807) is 0 Å². The van der Waals surface area contributed by atoms with E-state index in [0.717, 1.165) is 17.4 Å². The Morgan fingerprint density at radius 3 is 2.65 bits per heavy atom. The van der Waals surface area contributed by atoms with Gasteiger partial charge in [0.15, 0.2) is 0 Å². The highest BCUT2D eigenvalue weighted by molar-refractivity contribution is 6.30. The van der Waals surface area contributed by atoms with Crippen LogP contribution in [0.1, 0.15) is 44.2 Å². The summed E-state index contributed by atoms with van der Waals surface area (Å²) in [6.45, 7) is 4.67. The number of benzene rings is 1. The first-order valence-electron chi connectivity index (χ1n) is 7.94. The smallest absolute Gasteiger partial charge is 0.0406 e. The van der Waals surface area contributed by atoms with Crippen molar-refractivity contribution in [3.8, 4) is 0 Å². The molecule has 4 unspecified atom stereocenters. The molecule has 0 aromatic heterocycles. The number of likely N-dealkylation sites (tertiary alicyclic amines) is 1. The second kappa shape index (κ2) is 6.05. The van der Waals surface area contributed by atoms with E-state index in [-0.39, 0.29) is 0 Å². The molecule has 1 aromatic rings. The molecule has 1 aliphatic carbocycles. The molecule has 1 saturated heterocycles. The molecule has 2 fully saturated rings. The van der Waals surface area contributed by atoms with Gasteiger partial charge >= 0.3 is 0 Å². The predicted octanol–water partition coefficient (Wildman–Crippen LogP) is 3.85. The molecule has 0 spiro atoms. The summed E-state index contributed by atoms with van der Waals surface area (Å²) in [4.78, 5) is 2.66. The van der Waals surface area contributed by atoms with Crippen LogP contribution in [0.4, 0.5) is 0 Å². The van der Waals surface area contributed by atoms with Gasteiger partial charge in [-0.15, -0.1) is 0 Å². The number of hydrogen-bond acceptors (Lipinski definition) is 2. The Labute approximate surface area is 127 Å². The van der Waals surface area contributed by atoms with Crippen LogP contribution in [0.15, 0.2) is 24.3 Å². The van der Waals surface area contributed by atoms with Crippen LogP contribution in [-0.4, -0.2) is 24.0 Å². The number of halogens is 1. The maximum Gasteiger partial charge on any atom is 0.0406 e. The molecule has 0 amide bonds. The molecule has 2 aliphatic rings. The van der Waals surface area contributed by atoms with E-state index in [9.17, 15) is 0 Å². The highest BCUT2D eigenvalue weighted by Gasteiger charge is 2.40. The number of nitrogens with two attached hydrogens (primary N) is 1. The van der Waals surface area contributed by atoms with Crippen molar-refractivity contribution in [2.75, 3.05) is 13.1 Å². The highest BCUT2D eigenvalue weighted by atomic mass is 35.5. The Bertz CT molecular complexity index is 445. The van der Waals surface area contributed by atoms with Gasteiger partial charge in [0, 0.05) is 30.2 Å². The third kappa shape index (κ3) is 2.74. The Hall–Kier alpha value is -0.570. The van der Waals surface area contributed by atoms with Crippen LogP contribution in [0.2, 0.25) is 5.02 Å². The SMILES string of the molecule is CCC(c1ccc(Cl)cc1)N1CC2CCCC(N)C2C1. The van der Waals surface area contributed by atoms with E-state index in [1.807, 2.05) is 12.1 Å². The van der Waals surface area contributed by atoms with E-state index in [4.69, 9.17) is 17.3 Å². The summed E-state index contributed by atoms with van der Waals surface area (Å²) >= 11 is 6.01. The lowest BCUT2D eigenvalue weighted by Gasteiger charge is -2.30. The van der Waals surface area contributed by atoms with Crippen LogP contribution >= 0.6 is 11.6 Å². The molecule has 0 radical (unpaired) electrons. The van der Waals surface area contributed by atoms with Gasteiger partial charge < -0.3 is 5.73 Å². The van der Waals surface area contributed by atoms with Gasteiger partial charge in [-0.05, 0) is 48.8 Å². The fourth-order valence-electron chi connectivity index (χ4n) is 4.20. The summed E-state index contributed by atoms with van der Waals surface area (Å²) in [6.07, 6.45) is 5.04. The molecule has 2 nitrogen and oxygen atoms in total. The number of hydrogen-bond donors (Lipinski definition) is 1. The van der Waals surface area contributed by atoms with Gasteiger partial charge in [0.25, 0.3) is 0 Å². The number of rotatable bonds is 3. The van der Waals surface area contributed by atoms with Crippen molar-refractivity contribution in [1.29, 1.82) is 0 Å². The number of nitrogens with zero attached hydrogens (tertiary/aromatic N) is 1. The summed E-state index contributed by atoms with van der Waals surface area (Å²) < 4.78 is 0. The summed E-state index contributed by atoms with van der Waals surface area (Å²) in [7, 11) is 0. The topological polar surface area (TPSA) is 29.3 Å². The maximum absolute atomic E-state index is 6.34. The van der Waals surface area contributed by atoms with Crippen LogP contribution in [0, 0.1) is 11.8 Å². The van der Waals surface area contributed by atoms with Crippen LogP contribution < -0.4 is 5.73 Å². The lowest BCUT2D eigenvalue weighted by Crippen LogP contribution is -2.38. The molecular formula is C17H25ClN2. The standard InChI is InChI=1S/C17H25ClN2/c1-2-17(12-6-8-14(18)9-7-12)20-10-13-4-3-5-16(19)15(13)11-20/h6-9,13,15-17H,2-5,10-11,19H2,1H3. The molecule has 1 aliphatic heterocycles. The van der Waals surface area contributed by atoms with Crippen molar-refractivity contribution in [3.05, 3.63) is 34.9 Å². The highest BCUT2D eigenvalue weighted by Crippen LogP contribution is 2.40. The zero-order chi connectivity index (χ0) is 14.1. The molecule has 3 rings (SSSR count). The summed E-state index contributed by atoms with van der Waals surface area (Å²) in [5, 5.41) is 0.820. The second-order valence-corrected chi connectivity index (χ2v) is 6.88. The van der Waals surface area contributed by atoms with Crippen LogP contribution in [0.5, 0.6) is 0 Å². The van der Waals surface area contributed by atoms with Crippen molar-refractivity contribution in [1.82, 2.24) is 4.90 Å². The van der Waals surface area contributed by atoms with Gasteiger partial charge in [-0.25, -0.2) is 0 Å². The Balaban J connectivity index is 1.75. The predicted molar refractivity (Wildman–Crippen MR) is 84.9 cm³/mol. The Morgan fingerprint density at radius 1 is 1.25 bits per heavy atom.